The Morgan fingerprint density at radius 1 is 0.920 bits per heavy atom. The molecule has 0 unspecified atom stereocenters. The van der Waals surface area contributed by atoms with E-state index in [0.717, 1.165) is 10.0 Å². The molecular weight excluding hydrogens is 374 g/mol. The molecule has 0 amide bonds. The van der Waals surface area contributed by atoms with E-state index in [9.17, 15) is 4.79 Å². The first-order valence-corrected chi connectivity index (χ1v) is 8.88. The van der Waals surface area contributed by atoms with Crippen LogP contribution in [0.5, 0.6) is 0 Å². The number of hydrogen-bond donors (Lipinski definition) is 0. The van der Waals surface area contributed by atoms with Crippen LogP contribution < -0.4 is 0 Å². The summed E-state index contributed by atoms with van der Waals surface area (Å²) in [5, 5.41) is 2.48. The van der Waals surface area contributed by atoms with E-state index in [4.69, 9.17) is 0 Å². The number of halogens is 1. The average Bonchev–Trinajstić information content (AvgIpc) is 2.93. The first kappa shape index (κ1) is 15.9. The smallest absolute Gasteiger partial charge is 0.185 e. The summed E-state index contributed by atoms with van der Waals surface area (Å²) < 4.78 is 3.16. The van der Waals surface area contributed by atoms with E-state index >= 15 is 0 Å². The Labute approximate surface area is 154 Å². The molecule has 4 aromatic rings. The number of rotatable bonds is 3. The Hall–Kier alpha value is -2.65. The third-order valence-electron chi connectivity index (χ3n) is 4.49. The minimum Gasteiger partial charge on any atom is -0.344 e. The van der Waals surface area contributed by atoms with Gasteiger partial charge < -0.3 is 4.57 Å². The molecule has 0 bridgehead atoms. The zero-order chi connectivity index (χ0) is 17.4. The minimum absolute atomic E-state index is 0.00430. The number of allylic oxidation sites excluding steroid dienone is 1. The van der Waals surface area contributed by atoms with Gasteiger partial charge in [0.05, 0.1) is 0 Å². The number of carbonyl (C=O) groups excluding carboxylic acids is 1. The van der Waals surface area contributed by atoms with Gasteiger partial charge in [0, 0.05) is 38.9 Å². The van der Waals surface area contributed by atoms with Crippen LogP contribution in [0.15, 0.2) is 77.3 Å². The predicted octanol–water partition coefficient (Wildman–Crippen LogP) is 5.99. The van der Waals surface area contributed by atoms with Gasteiger partial charge in [-0.05, 0) is 48.0 Å². The highest BCUT2D eigenvalue weighted by molar-refractivity contribution is 9.10. The van der Waals surface area contributed by atoms with E-state index in [1.54, 1.807) is 6.08 Å². The van der Waals surface area contributed by atoms with Crippen molar-refractivity contribution < 1.29 is 4.79 Å². The molecular formula is C22H16BrNO. The fourth-order valence-electron chi connectivity index (χ4n) is 3.16. The average molecular weight is 390 g/mol. The molecule has 122 valence electrons. The van der Waals surface area contributed by atoms with Gasteiger partial charge in [0.1, 0.15) is 0 Å². The molecule has 0 N–H and O–H groups in total. The molecule has 25 heavy (non-hydrogen) atoms. The number of nitrogens with zero attached hydrogens (tertiary/aromatic N) is 1. The van der Waals surface area contributed by atoms with E-state index in [0.29, 0.717) is 5.56 Å². The van der Waals surface area contributed by atoms with Gasteiger partial charge in [-0.15, -0.1) is 0 Å². The highest BCUT2D eigenvalue weighted by atomic mass is 79.9. The van der Waals surface area contributed by atoms with Gasteiger partial charge in [0.2, 0.25) is 0 Å². The predicted molar refractivity (Wildman–Crippen MR) is 108 cm³/mol. The first-order chi connectivity index (χ1) is 12.1. The van der Waals surface area contributed by atoms with Gasteiger partial charge in [-0.3, -0.25) is 4.79 Å². The molecule has 1 heterocycles. The second-order valence-electron chi connectivity index (χ2n) is 6.06. The summed E-state index contributed by atoms with van der Waals surface area (Å²) in [6, 6.07) is 22.1. The summed E-state index contributed by atoms with van der Waals surface area (Å²) >= 11 is 3.38. The van der Waals surface area contributed by atoms with Crippen molar-refractivity contribution in [1.82, 2.24) is 4.57 Å². The number of benzene rings is 3. The Morgan fingerprint density at radius 3 is 2.44 bits per heavy atom. The summed E-state index contributed by atoms with van der Waals surface area (Å²) in [5.74, 6) is 0.00430. The SMILES string of the molecule is Cn1c2ccccc2c2ccc(C=CC(=O)c3ccc(Br)cc3)cc21. The molecule has 0 saturated carbocycles. The van der Waals surface area contributed by atoms with E-state index in [2.05, 4.69) is 70.0 Å². The van der Waals surface area contributed by atoms with Gasteiger partial charge >= 0.3 is 0 Å². The molecule has 0 saturated heterocycles. The zero-order valence-corrected chi connectivity index (χ0v) is 15.3. The summed E-state index contributed by atoms with van der Waals surface area (Å²) in [7, 11) is 2.07. The Morgan fingerprint density at radius 2 is 1.64 bits per heavy atom. The van der Waals surface area contributed by atoms with Crippen molar-refractivity contribution >= 4 is 49.6 Å². The number of fused-ring (bicyclic) bond motifs is 3. The molecule has 0 aliphatic heterocycles. The van der Waals surface area contributed by atoms with Crippen molar-refractivity contribution in [2.75, 3.05) is 0 Å². The lowest BCUT2D eigenvalue weighted by Crippen LogP contribution is -1.93. The number of carbonyl (C=O) groups is 1. The Balaban J connectivity index is 1.70. The standard InChI is InChI=1S/C22H16BrNO/c1-24-20-5-3-2-4-18(20)19-12-6-15(14-21(19)24)7-13-22(25)16-8-10-17(23)11-9-16/h2-14H,1H3. The van der Waals surface area contributed by atoms with E-state index < -0.39 is 0 Å². The maximum absolute atomic E-state index is 12.3. The lowest BCUT2D eigenvalue weighted by atomic mass is 10.1. The van der Waals surface area contributed by atoms with Gasteiger partial charge in [0.25, 0.3) is 0 Å². The van der Waals surface area contributed by atoms with Gasteiger partial charge in [0.15, 0.2) is 5.78 Å². The van der Waals surface area contributed by atoms with Crippen LogP contribution in [0.1, 0.15) is 15.9 Å². The van der Waals surface area contributed by atoms with Gasteiger partial charge in [-0.25, -0.2) is 0 Å². The van der Waals surface area contributed by atoms with Crippen LogP contribution in [-0.2, 0) is 7.05 Å². The Bertz CT molecular complexity index is 1120. The zero-order valence-electron chi connectivity index (χ0n) is 13.7. The second kappa shape index (κ2) is 6.34. The van der Waals surface area contributed by atoms with Crippen molar-refractivity contribution in [3.8, 4) is 0 Å². The fourth-order valence-corrected chi connectivity index (χ4v) is 3.43. The Kier molecular flexibility index (Phi) is 4.02. The van der Waals surface area contributed by atoms with Crippen LogP contribution in [0, 0.1) is 0 Å². The molecule has 3 aromatic carbocycles. The highest BCUT2D eigenvalue weighted by Crippen LogP contribution is 2.28. The number of aryl methyl sites for hydroxylation is 1. The summed E-state index contributed by atoms with van der Waals surface area (Å²) in [6.45, 7) is 0. The number of hydrogen-bond acceptors (Lipinski definition) is 1. The van der Waals surface area contributed by atoms with E-state index in [-0.39, 0.29) is 5.78 Å². The van der Waals surface area contributed by atoms with Crippen LogP contribution >= 0.6 is 15.9 Å². The molecule has 0 spiro atoms. The maximum Gasteiger partial charge on any atom is 0.185 e. The van der Waals surface area contributed by atoms with E-state index in [1.807, 2.05) is 30.3 Å². The van der Waals surface area contributed by atoms with Crippen LogP contribution in [0.3, 0.4) is 0 Å². The van der Waals surface area contributed by atoms with Crippen molar-refractivity contribution in [1.29, 1.82) is 0 Å². The normalized spacial score (nSPS) is 11.6. The van der Waals surface area contributed by atoms with Crippen LogP contribution in [0.2, 0.25) is 0 Å². The second-order valence-corrected chi connectivity index (χ2v) is 6.97. The fraction of sp³-hybridized carbons (Fsp3) is 0.0455. The maximum atomic E-state index is 12.3. The monoisotopic (exact) mass is 389 g/mol. The van der Waals surface area contributed by atoms with Crippen molar-refractivity contribution in [3.63, 3.8) is 0 Å². The third kappa shape index (κ3) is 2.92. The van der Waals surface area contributed by atoms with Crippen molar-refractivity contribution in [2.45, 2.75) is 0 Å². The lowest BCUT2D eigenvalue weighted by molar-refractivity contribution is 0.104. The quantitative estimate of drug-likeness (QED) is 0.311. The largest absolute Gasteiger partial charge is 0.344 e. The van der Waals surface area contributed by atoms with Crippen LogP contribution in [-0.4, -0.2) is 10.4 Å². The number of para-hydroxylation sites is 1. The molecule has 2 nitrogen and oxygen atoms in total. The molecule has 4 rings (SSSR count). The van der Waals surface area contributed by atoms with Gasteiger partial charge in [-0.1, -0.05) is 52.3 Å². The summed E-state index contributed by atoms with van der Waals surface area (Å²) in [6.07, 6.45) is 3.51. The van der Waals surface area contributed by atoms with Crippen molar-refractivity contribution in [2.24, 2.45) is 7.05 Å². The number of aromatic nitrogens is 1. The third-order valence-corrected chi connectivity index (χ3v) is 5.02. The molecule has 3 heteroatoms. The van der Waals surface area contributed by atoms with E-state index in [1.165, 1.54) is 21.8 Å². The topological polar surface area (TPSA) is 22.0 Å². The minimum atomic E-state index is 0.00430. The molecule has 0 atom stereocenters. The summed E-state index contributed by atoms with van der Waals surface area (Å²) in [5.41, 5.74) is 4.08. The molecule has 0 radical (unpaired) electrons. The van der Waals surface area contributed by atoms with Crippen LogP contribution in [0.4, 0.5) is 0 Å². The summed E-state index contributed by atoms with van der Waals surface area (Å²) in [4.78, 5) is 12.3. The highest BCUT2D eigenvalue weighted by Gasteiger charge is 2.07. The molecule has 0 fully saturated rings. The number of ketones is 1. The van der Waals surface area contributed by atoms with Crippen molar-refractivity contribution in [3.05, 3.63) is 88.4 Å². The lowest BCUT2D eigenvalue weighted by Gasteiger charge is -2.00. The molecule has 0 aliphatic rings. The van der Waals surface area contributed by atoms with Crippen LogP contribution in [0.25, 0.3) is 27.9 Å². The van der Waals surface area contributed by atoms with Gasteiger partial charge in [-0.2, -0.15) is 0 Å². The molecule has 1 aromatic heterocycles. The molecule has 0 aliphatic carbocycles. The first-order valence-electron chi connectivity index (χ1n) is 8.08.